The molecule has 128 valence electrons. The van der Waals surface area contributed by atoms with Gasteiger partial charge in [0.05, 0.1) is 0 Å². The summed E-state index contributed by atoms with van der Waals surface area (Å²) in [5.74, 6) is 1.65. The van der Waals surface area contributed by atoms with Crippen molar-refractivity contribution in [1.82, 2.24) is 15.0 Å². The van der Waals surface area contributed by atoms with Crippen LogP contribution in [0.5, 0.6) is 0 Å². The Hall–Kier alpha value is -3.15. The van der Waals surface area contributed by atoms with Crippen LogP contribution < -0.4 is 16.0 Å². The van der Waals surface area contributed by atoms with Crippen LogP contribution in [-0.2, 0) is 13.1 Å². The van der Waals surface area contributed by atoms with Gasteiger partial charge >= 0.3 is 0 Å². The van der Waals surface area contributed by atoms with Crippen LogP contribution in [0.2, 0.25) is 0 Å². The van der Waals surface area contributed by atoms with Gasteiger partial charge in [0.2, 0.25) is 17.8 Å². The van der Waals surface area contributed by atoms with Crippen molar-refractivity contribution >= 4 is 17.8 Å². The summed E-state index contributed by atoms with van der Waals surface area (Å²) < 4.78 is 0. The summed E-state index contributed by atoms with van der Waals surface area (Å²) in [4.78, 5) is 13.3. The molecule has 0 bridgehead atoms. The van der Waals surface area contributed by atoms with E-state index >= 15 is 0 Å². The molecule has 1 aromatic heterocycles. The van der Waals surface area contributed by atoms with Crippen LogP contribution in [0.15, 0.2) is 60.7 Å². The average Bonchev–Trinajstić information content (AvgIpc) is 2.67. The molecule has 0 spiro atoms. The summed E-state index contributed by atoms with van der Waals surface area (Å²) in [6, 6.07) is 20.3. The number of aromatic nitrogens is 3. The SMILES string of the molecule is CCNc1nc(NCc2ccccc2)nc(NCc2ccccc2)n1. The van der Waals surface area contributed by atoms with Gasteiger partial charge in [0.15, 0.2) is 0 Å². The van der Waals surface area contributed by atoms with Crippen LogP contribution in [0, 0.1) is 0 Å². The Labute approximate surface area is 147 Å². The zero-order chi connectivity index (χ0) is 17.3. The van der Waals surface area contributed by atoms with E-state index in [2.05, 4.69) is 55.2 Å². The van der Waals surface area contributed by atoms with Gasteiger partial charge in [0, 0.05) is 19.6 Å². The highest BCUT2D eigenvalue weighted by atomic mass is 15.3. The van der Waals surface area contributed by atoms with Crippen molar-refractivity contribution in [3.8, 4) is 0 Å². The third kappa shape index (κ3) is 5.17. The number of rotatable bonds is 8. The number of nitrogens with zero attached hydrogens (tertiary/aromatic N) is 3. The lowest BCUT2D eigenvalue weighted by molar-refractivity contribution is 0.968. The Morgan fingerprint density at radius 3 is 1.40 bits per heavy atom. The molecular formula is C19H22N6. The molecule has 3 rings (SSSR count). The van der Waals surface area contributed by atoms with E-state index in [-0.39, 0.29) is 0 Å². The molecule has 0 amide bonds. The lowest BCUT2D eigenvalue weighted by Crippen LogP contribution is -2.12. The Bertz CT molecular complexity index is 715. The van der Waals surface area contributed by atoms with Gasteiger partial charge in [0.25, 0.3) is 0 Å². The second kappa shape index (κ2) is 8.63. The molecule has 0 aliphatic carbocycles. The highest BCUT2D eigenvalue weighted by Crippen LogP contribution is 2.12. The normalized spacial score (nSPS) is 10.3. The van der Waals surface area contributed by atoms with E-state index in [1.165, 1.54) is 11.1 Å². The highest BCUT2D eigenvalue weighted by molar-refractivity contribution is 5.43. The van der Waals surface area contributed by atoms with Crippen LogP contribution in [0.3, 0.4) is 0 Å². The maximum atomic E-state index is 4.46. The van der Waals surface area contributed by atoms with E-state index in [0.29, 0.717) is 30.9 Å². The highest BCUT2D eigenvalue weighted by Gasteiger charge is 2.06. The lowest BCUT2D eigenvalue weighted by atomic mass is 10.2. The number of hydrogen-bond acceptors (Lipinski definition) is 6. The summed E-state index contributed by atoms with van der Waals surface area (Å²) in [7, 11) is 0. The van der Waals surface area contributed by atoms with Gasteiger partial charge in [-0.3, -0.25) is 0 Å². The zero-order valence-electron chi connectivity index (χ0n) is 14.2. The number of benzene rings is 2. The van der Waals surface area contributed by atoms with Gasteiger partial charge in [-0.15, -0.1) is 0 Å². The van der Waals surface area contributed by atoms with Crippen LogP contribution in [0.1, 0.15) is 18.1 Å². The van der Waals surface area contributed by atoms with Crippen molar-refractivity contribution in [2.75, 3.05) is 22.5 Å². The standard InChI is InChI=1S/C19H22N6/c1-2-20-17-23-18(21-13-15-9-5-3-6-10-15)25-19(24-17)22-14-16-11-7-4-8-12-16/h3-12H,2,13-14H2,1H3,(H3,20,21,22,23,24,25). The molecule has 0 saturated heterocycles. The minimum Gasteiger partial charge on any atom is -0.354 e. The van der Waals surface area contributed by atoms with Crippen LogP contribution in [-0.4, -0.2) is 21.5 Å². The topological polar surface area (TPSA) is 74.8 Å². The molecule has 3 aromatic rings. The molecule has 0 saturated carbocycles. The van der Waals surface area contributed by atoms with E-state index in [1.807, 2.05) is 43.3 Å². The molecule has 0 radical (unpaired) electrons. The smallest absolute Gasteiger partial charge is 0.229 e. The number of anilines is 3. The van der Waals surface area contributed by atoms with Crippen molar-refractivity contribution in [2.45, 2.75) is 20.0 Å². The first-order valence-electron chi connectivity index (χ1n) is 8.39. The predicted molar refractivity (Wildman–Crippen MR) is 102 cm³/mol. The average molecular weight is 334 g/mol. The second-order valence-corrected chi connectivity index (χ2v) is 5.51. The Balaban J connectivity index is 1.70. The predicted octanol–water partition coefficient (Wildman–Crippen LogP) is 3.53. The molecule has 0 fully saturated rings. The molecule has 1 heterocycles. The summed E-state index contributed by atoms with van der Waals surface area (Å²) >= 11 is 0. The lowest BCUT2D eigenvalue weighted by Gasteiger charge is -2.11. The third-order valence-corrected chi connectivity index (χ3v) is 3.56. The van der Waals surface area contributed by atoms with Crippen molar-refractivity contribution in [2.24, 2.45) is 0 Å². The third-order valence-electron chi connectivity index (χ3n) is 3.56. The summed E-state index contributed by atoms with van der Waals surface area (Å²) in [5.41, 5.74) is 2.35. The first-order chi connectivity index (χ1) is 12.3. The first-order valence-corrected chi connectivity index (χ1v) is 8.39. The maximum Gasteiger partial charge on any atom is 0.229 e. The molecule has 0 atom stereocenters. The molecule has 2 aromatic carbocycles. The summed E-state index contributed by atoms with van der Waals surface area (Å²) in [5, 5.41) is 9.65. The molecule has 25 heavy (non-hydrogen) atoms. The van der Waals surface area contributed by atoms with Gasteiger partial charge in [-0.1, -0.05) is 60.7 Å². The fraction of sp³-hybridized carbons (Fsp3) is 0.211. The minimum atomic E-state index is 0.547. The van der Waals surface area contributed by atoms with Crippen LogP contribution in [0.4, 0.5) is 17.8 Å². The van der Waals surface area contributed by atoms with Gasteiger partial charge in [-0.25, -0.2) is 0 Å². The maximum absolute atomic E-state index is 4.46. The van der Waals surface area contributed by atoms with E-state index in [9.17, 15) is 0 Å². The van der Waals surface area contributed by atoms with Gasteiger partial charge in [0.1, 0.15) is 0 Å². The van der Waals surface area contributed by atoms with E-state index in [1.54, 1.807) is 0 Å². The van der Waals surface area contributed by atoms with Crippen molar-refractivity contribution < 1.29 is 0 Å². The van der Waals surface area contributed by atoms with Crippen molar-refractivity contribution in [3.05, 3.63) is 71.8 Å². The molecule has 0 unspecified atom stereocenters. The number of nitrogens with one attached hydrogen (secondary N) is 3. The van der Waals surface area contributed by atoms with Gasteiger partial charge in [-0.2, -0.15) is 15.0 Å². The monoisotopic (exact) mass is 334 g/mol. The second-order valence-electron chi connectivity index (χ2n) is 5.51. The van der Waals surface area contributed by atoms with Crippen molar-refractivity contribution in [1.29, 1.82) is 0 Å². The van der Waals surface area contributed by atoms with Gasteiger partial charge in [-0.05, 0) is 18.1 Å². The van der Waals surface area contributed by atoms with Crippen molar-refractivity contribution in [3.63, 3.8) is 0 Å². The first kappa shape index (κ1) is 16.7. The fourth-order valence-electron chi connectivity index (χ4n) is 2.33. The largest absolute Gasteiger partial charge is 0.354 e. The molecule has 0 aliphatic heterocycles. The van der Waals surface area contributed by atoms with E-state index in [4.69, 9.17) is 0 Å². The van der Waals surface area contributed by atoms with Crippen LogP contribution >= 0.6 is 0 Å². The van der Waals surface area contributed by atoms with E-state index in [0.717, 1.165) is 6.54 Å². The Morgan fingerprint density at radius 1 is 0.600 bits per heavy atom. The molecule has 3 N–H and O–H groups in total. The molecule has 6 nitrogen and oxygen atoms in total. The Kier molecular flexibility index (Phi) is 5.77. The van der Waals surface area contributed by atoms with Gasteiger partial charge < -0.3 is 16.0 Å². The number of hydrogen-bond donors (Lipinski definition) is 3. The Morgan fingerprint density at radius 2 is 1.00 bits per heavy atom. The zero-order valence-corrected chi connectivity index (χ0v) is 14.2. The molecular weight excluding hydrogens is 312 g/mol. The van der Waals surface area contributed by atoms with Crippen LogP contribution in [0.25, 0.3) is 0 Å². The minimum absolute atomic E-state index is 0.547. The molecule has 0 aliphatic rings. The summed E-state index contributed by atoms with van der Waals surface area (Å²) in [6.45, 7) is 4.08. The summed E-state index contributed by atoms with van der Waals surface area (Å²) in [6.07, 6.45) is 0. The fourth-order valence-corrected chi connectivity index (χ4v) is 2.33. The molecule has 6 heteroatoms. The van der Waals surface area contributed by atoms with E-state index < -0.39 is 0 Å². The quantitative estimate of drug-likeness (QED) is 0.585.